The maximum Gasteiger partial charge on any atom is 0.324 e. The molecule has 2 aromatic rings. The Labute approximate surface area is 132 Å². The average Bonchev–Trinajstić information content (AvgIpc) is 2.46. The number of nitrogen functional groups attached to an aromatic ring is 1. The number of urea groups is 1. The number of rotatable bonds is 2. The molecule has 108 valence electrons. The van der Waals surface area contributed by atoms with E-state index in [1.807, 2.05) is 43.4 Å². The molecule has 1 aliphatic rings. The SMILES string of the molecule is CN1Cc2ccccc2N(Cc2ccc(N)cc2Br)C1=O. The molecule has 0 atom stereocenters. The van der Waals surface area contributed by atoms with Gasteiger partial charge in [0.15, 0.2) is 0 Å². The molecular weight excluding hydrogens is 330 g/mol. The summed E-state index contributed by atoms with van der Waals surface area (Å²) in [5.41, 5.74) is 9.63. The number of nitrogens with two attached hydrogens (primary N) is 1. The topological polar surface area (TPSA) is 49.6 Å². The molecule has 1 heterocycles. The van der Waals surface area contributed by atoms with Crippen molar-refractivity contribution >= 4 is 33.3 Å². The highest BCUT2D eigenvalue weighted by atomic mass is 79.9. The normalized spacial score (nSPS) is 14.3. The van der Waals surface area contributed by atoms with Gasteiger partial charge >= 0.3 is 6.03 Å². The van der Waals surface area contributed by atoms with E-state index in [-0.39, 0.29) is 6.03 Å². The van der Waals surface area contributed by atoms with Gasteiger partial charge in [0.2, 0.25) is 0 Å². The van der Waals surface area contributed by atoms with Crippen molar-refractivity contribution in [2.24, 2.45) is 0 Å². The van der Waals surface area contributed by atoms with Crippen LogP contribution in [0.15, 0.2) is 46.9 Å². The first-order chi connectivity index (χ1) is 10.1. The quantitative estimate of drug-likeness (QED) is 0.845. The van der Waals surface area contributed by atoms with Crippen LogP contribution in [0.5, 0.6) is 0 Å². The third-order valence-electron chi connectivity index (χ3n) is 3.65. The zero-order valence-electron chi connectivity index (χ0n) is 11.7. The van der Waals surface area contributed by atoms with Gasteiger partial charge in [-0.2, -0.15) is 0 Å². The molecule has 2 amide bonds. The zero-order valence-corrected chi connectivity index (χ0v) is 13.3. The molecule has 0 radical (unpaired) electrons. The standard InChI is InChI=1S/C16H16BrN3O/c1-19-9-12-4-2-3-5-15(12)20(16(19)21)10-11-6-7-13(18)8-14(11)17/h2-8H,9-10,18H2,1H3. The monoisotopic (exact) mass is 345 g/mol. The molecule has 0 aromatic heterocycles. The van der Waals surface area contributed by atoms with Crippen LogP contribution in [0.1, 0.15) is 11.1 Å². The average molecular weight is 346 g/mol. The predicted molar refractivity (Wildman–Crippen MR) is 88.0 cm³/mol. The Kier molecular flexibility index (Phi) is 3.59. The molecule has 0 saturated heterocycles. The Bertz CT molecular complexity index is 702. The van der Waals surface area contributed by atoms with Gasteiger partial charge in [-0.25, -0.2) is 4.79 Å². The Hall–Kier alpha value is -2.01. The molecule has 0 fully saturated rings. The second-order valence-corrected chi connectivity index (χ2v) is 6.06. The largest absolute Gasteiger partial charge is 0.399 e. The maximum absolute atomic E-state index is 12.5. The minimum absolute atomic E-state index is 0.0115. The van der Waals surface area contributed by atoms with Crippen LogP contribution in [0.3, 0.4) is 0 Å². The van der Waals surface area contributed by atoms with Gasteiger partial charge in [-0.3, -0.25) is 4.90 Å². The molecule has 0 spiro atoms. The number of halogens is 1. The summed E-state index contributed by atoms with van der Waals surface area (Å²) >= 11 is 3.52. The minimum atomic E-state index is 0.0115. The van der Waals surface area contributed by atoms with Crippen molar-refractivity contribution in [2.75, 3.05) is 17.7 Å². The second kappa shape index (κ2) is 5.41. The Balaban J connectivity index is 1.99. The lowest BCUT2D eigenvalue weighted by Gasteiger charge is -2.35. The smallest absolute Gasteiger partial charge is 0.324 e. The Morgan fingerprint density at radius 3 is 2.76 bits per heavy atom. The lowest BCUT2D eigenvalue weighted by atomic mass is 10.1. The van der Waals surface area contributed by atoms with Crippen LogP contribution < -0.4 is 10.6 Å². The number of hydrogen-bond donors (Lipinski definition) is 1. The molecule has 0 bridgehead atoms. The van der Waals surface area contributed by atoms with E-state index in [2.05, 4.69) is 22.0 Å². The number of para-hydroxylation sites is 1. The zero-order chi connectivity index (χ0) is 15.0. The molecule has 1 aliphatic heterocycles. The van der Waals surface area contributed by atoms with Gasteiger partial charge < -0.3 is 10.6 Å². The highest BCUT2D eigenvalue weighted by Crippen LogP contribution is 2.31. The molecule has 4 nitrogen and oxygen atoms in total. The van der Waals surface area contributed by atoms with Crippen molar-refractivity contribution < 1.29 is 4.79 Å². The van der Waals surface area contributed by atoms with Crippen LogP contribution in [0, 0.1) is 0 Å². The Morgan fingerprint density at radius 2 is 2.00 bits per heavy atom. The number of benzene rings is 2. The van der Waals surface area contributed by atoms with E-state index < -0.39 is 0 Å². The van der Waals surface area contributed by atoms with Crippen LogP contribution in [-0.2, 0) is 13.1 Å². The first-order valence-corrected chi connectivity index (χ1v) is 7.50. The number of hydrogen-bond acceptors (Lipinski definition) is 2. The molecule has 0 aliphatic carbocycles. The van der Waals surface area contributed by atoms with Gasteiger partial charge in [-0.15, -0.1) is 0 Å². The number of anilines is 2. The van der Waals surface area contributed by atoms with E-state index >= 15 is 0 Å². The van der Waals surface area contributed by atoms with E-state index in [1.54, 1.807) is 9.80 Å². The van der Waals surface area contributed by atoms with Crippen molar-refractivity contribution in [1.82, 2.24) is 4.90 Å². The third kappa shape index (κ3) is 2.61. The summed E-state index contributed by atoms with van der Waals surface area (Å²) in [6.45, 7) is 1.16. The van der Waals surface area contributed by atoms with Gasteiger partial charge in [0, 0.05) is 23.8 Å². The molecular formula is C16H16BrN3O. The van der Waals surface area contributed by atoms with Gasteiger partial charge in [-0.05, 0) is 29.3 Å². The summed E-state index contributed by atoms with van der Waals surface area (Å²) in [5, 5.41) is 0. The van der Waals surface area contributed by atoms with Crippen LogP contribution in [0.25, 0.3) is 0 Å². The van der Waals surface area contributed by atoms with Crippen LogP contribution in [0.2, 0.25) is 0 Å². The molecule has 0 unspecified atom stereocenters. The number of fused-ring (bicyclic) bond motifs is 1. The minimum Gasteiger partial charge on any atom is -0.399 e. The summed E-state index contributed by atoms with van der Waals surface area (Å²) in [6, 6.07) is 13.7. The van der Waals surface area contributed by atoms with Crippen LogP contribution in [0.4, 0.5) is 16.2 Å². The van der Waals surface area contributed by atoms with E-state index in [9.17, 15) is 4.79 Å². The number of carbonyl (C=O) groups is 1. The van der Waals surface area contributed by atoms with Gasteiger partial charge in [-0.1, -0.05) is 40.2 Å². The summed E-state index contributed by atoms with van der Waals surface area (Å²) < 4.78 is 0.918. The molecule has 0 saturated carbocycles. The highest BCUT2D eigenvalue weighted by molar-refractivity contribution is 9.10. The van der Waals surface area contributed by atoms with Crippen molar-refractivity contribution in [3.8, 4) is 0 Å². The Morgan fingerprint density at radius 1 is 1.24 bits per heavy atom. The summed E-state index contributed by atoms with van der Waals surface area (Å²) in [6.07, 6.45) is 0. The highest BCUT2D eigenvalue weighted by Gasteiger charge is 2.28. The fraction of sp³-hybridized carbons (Fsp3) is 0.188. The fourth-order valence-corrected chi connectivity index (χ4v) is 3.08. The van der Waals surface area contributed by atoms with Crippen molar-refractivity contribution in [1.29, 1.82) is 0 Å². The van der Waals surface area contributed by atoms with Crippen molar-refractivity contribution in [3.63, 3.8) is 0 Å². The number of nitrogens with zero attached hydrogens (tertiary/aromatic N) is 2. The molecule has 3 rings (SSSR count). The van der Waals surface area contributed by atoms with E-state index in [1.165, 1.54) is 0 Å². The van der Waals surface area contributed by atoms with E-state index in [0.717, 1.165) is 21.3 Å². The molecule has 21 heavy (non-hydrogen) atoms. The van der Waals surface area contributed by atoms with Crippen molar-refractivity contribution in [2.45, 2.75) is 13.1 Å². The molecule has 2 aromatic carbocycles. The van der Waals surface area contributed by atoms with Gasteiger partial charge in [0.25, 0.3) is 0 Å². The fourth-order valence-electron chi connectivity index (χ4n) is 2.56. The lowest BCUT2D eigenvalue weighted by molar-refractivity contribution is 0.210. The maximum atomic E-state index is 12.5. The van der Waals surface area contributed by atoms with E-state index in [0.29, 0.717) is 18.8 Å². The number of amides is 2. The summed E-state index contributed by atoms with van der Waals surface area (Å²) in [5.74, 6) is 0. The first-order valence-electron chi connectivity index (χ1n) is 6.70. The van der Waals surface area contributed by atoms with Gasteiger partial charge in [0.1, 0.15) is 0 Å². The lowest BCUT2D eigenvalue weighted by Crippen LogP contribution is -2.44. The van der Waals surface area contributed by atoms with Gasteiger partial charge in [0.05, 0.1) is 12.2 Å². The van der Waals surface area contributed by atoms with E-state index in [4.69, 9.17) is 5.73 Å². The van der Waals surface area contributed by atoms with Crippen LogP contribution >= 0.6 is 15.9 Å². The first kappa shape index (κ1) is 13.9. The molecule has 5 heteroatoms. The summed E-state index contributed by atoms with van der Waals surface area (Å²) in [4.78, 5) is 16.0. The summed E-state index contributed by atoms with van der Waals surface area (Å²) in [7, 11) is 1.82. The van der Waals surface area contributed by atoms with Crippen LogP contribution in [-0.4, -0.2) is 18.0 Å². The molecule has 2 N–H and O–H groups in total. The van der Waals surface area contributed by atoms with Crippen molar-refractivity contribution in [3.05, 3.63) is 58.1 Å². The second-order valence-electron chi connectivity index (χ2n) is 5.20. The number of carbonyl (C=O) groups excluding carboxylic acids is 1. The predicted octanol–water partition coefficient (Wildman–Crippen LogP) is 3.60. The third-order valence-corrected chi connectivity index (χ3v) is 4.39.